The van der Waals surface area contributed by atoms with Gasteiger partial charge in [0.05, 0.1) is 6.42 Å². The number of anilines is 1. The average Bonchev–Trinajstić information content (AvgIpc) is 2.45. The SMILES string of the molecule is C=C(CC(=O)c1ccccc1)Nc1cccc(C)c1C. The number of allylic oxidation sites excluding steroid dienone is 1. The molecule has 2 rings (SSSR count). The van der Waals surface area contributed by atoms with Gasteiger partial charge in [-0.25, -0.2) is 0 Å². The normalized spacial score (nSPS) is 10.1. The monoisotopic (exact) mass is 265 g/mol. The highest BCUT2D eigenvalue weighted by molar-refractivity contribution is 5.97. The van der Waals surface area contributed by atoms with Crippen molar-refractivity contribution in [3.63, 3.8) is 0 Å². The summed E-state index contributed by atoms with van der Waals surface area (Å²) in [6, 6.07) is 15.4. The van der Waals surface area contributed by atoms with Gasteiger partial charge in [-0.3, -0.25) is 4.79 Å². The zero-order valence-electron chi connectivity index (χ0n) is 11.9. The molecule has 0 radical (unpaired) electrons. The van der Waals surface area contributed by atoms with E-state index >= 15 is 0 Å². The van der Waals surface area contributed by atoms with Crippen LogP contribution >= 0.6 is 0 Å². The molecule has 2 heteroatoms. The summed E-state index contributed by atoms with van der Waals surface area (Å²) in [4.78, 5) is 12.1. The second kappa shape index (κ2) is 6.20. The van der Waals surface area contributed by atoms with Gasteiger partial charge in [-0.05, 0) is 31.0 Å². The van der Waals surface area contributed by atoms with Crippen LogP contribution in [0.2, 0.25) is 0 Å². The minimum atomic E-state index is 0.0772. The Hall–Kier alpha value is -2.35. The van der Waals surface area contributed by atoms with E-state index in [0.29, 0.717) is 12.1 Å². The van der Waals surface area contributed by atoms with Gasteiger partial charge in [-0.15, -0.1) is 0 Å². The summed E-state index contributed by atoms with van der Waals surface area (Å²) in [5.41, 5.74) is 4.85. The minimum absolute atomic E-state index is 0.0772. The summed E-state index contributed by atoms with van der Waals surface area (Å²) in [6.07, 6.45) is 0.303. The zero-order valence-corrected chi connectivity index (χ0v) is 11.9. The molecular formula is C18H19NO. The van der Waals surface area contributed by atoms with Crippen LogP contribution in [0.5, 0.6) is 0 Å². The number of rotatable bonds is 5. The van der Waals surface area contributed by atoms with Crippen molar-refractivity contribution < 1.29 is 4.79 Å². The molecule has 0 fully saturated rings. The lowest BCUT2D eigenvalue weighted by molar-refractivity contribution is 0.0993. The van der Waals surface area contributed by atoms with E-state index in [2.05, 4.69) is 31.8 Å². The van der Waals surface area contributed by atoms with Gasteiger partial charge < -0.3 is 5.32 Å². The number of nitrogens with one attached hydrogen (secondary N) is 1. The molecule has 102 valence electrons. The third-order valence-electron chi connectivity index (χ3n) is 3.39. The predicted molar refractivity (Wildman–Crippen MR) is 84.1 cm³/mol. The highest BCUT2D eigenvalue weighted by Gasteiger charge is 2.08. The lowest BCUT2D eigenvalue weighted by atomic mass is 10.1. The molecule has 2 nitrogen and oxygen atoms in total. The van der Waals surface area contributed by atoms with Crippen LogP contribution in [-0.4, -0.2) is 5.78 Å². The van der Waals surface area contributed by atoms with Crippen molar-refractivity contribution in [2.24, 2.45) is 0 Å². The van der Waals surface area contributed by atoms with Crippen LogP contribution in [0.3, 0.4) is 0 Å². The van der Waals surface area contributed by atoms with Crippen LogP contribution in [0, 0.1) is 13.8 Å². The molecule has 2 aromatic carbocycles. The first-order valence-corrected chi connectivity index (χ1v) is 6.67. The number of carbonyl (C=O) groups is 1. The van der Waals surface area contributed by atoms with E-state index in [9.17, 15) is 4.79 Å². The Morgan fingerprint density at radius 1 is 1.05 bits per heavy atom. The minimum Gasteiger partial charge on any atom is -0.359 e. The molecule has 2 aromatic rings. The van der Waals surface area contributed by atoms with E-state index in [1.807, 2.05) is 42.5 Å². The highest BCUT2D eigenvalue weighted by atomic mass is 16.1. The first kappa shape index (κ1) is 14.1. The molecule has 0 aliphatic rings. The van der Waals surface area contributed by atoms with Crippen molar-refractivity contribution in [2.45, 2.75) is 20.3 Å². The largest absolute Gasteiger partial charge is 0.359 e. The first-order valence-electron chi connectivity index (χ1n) is 6.67. The second-order valence-electron chi connectivity index (χ2n) is 4.94. The summed E-state index contributed by atoms with van der Waals surface area (Å²) >= 11 is 0. The van der Waals surface area contributed by atoms with Crippen LogP contribution in [0.1, 0.15) is 27.9 Å². The van der Waals surface area contributed by atoms with E-state index < -0.39 is 0 Å². The zero-order chi connectivity index (χ0) is 14.5. The second-order valence-corrected chi connectivity index (χ2v) is 4.94. The summed E-state index contributed by atoms with van der Waals surface area (Å²) in [6.45, 7) is 8.08. The van der Waals surface area contributed by atoms with Gasteiger partial charge in [-0.1, -0.05) is 49.0 Å². The van der Waals surface area contributed by atoms with Crippen LogP contribution in [0.15, 0.2) is 60.8 Å². The molecule has 0 aromatic heterocycles. The number of hydrogen-bond donors (Lipinski definition) is 1. The van der Waals surface area contributed by atoms with Crippen molar-refractivity contribution in [1.29, 1.82) is 0 Å². The molecule has 20 heavy (non-hydrogen) atoms. The van der Waals surface area contributed by atoms with E-state index in [1.165, 1.54) is 11.1 Å². The Labute approximate surface area is 120 Å². The molecule has 0 saturated heterocycles. The topological polar surface area (TPSA) is 29.1 Å². The van der Waals surface area contributed by atoms with Gasteiger partial charge in [0.25, 0.3) is 0 Å². The number of carbonyl (C=O) groups excluding carboxylic acids is 1. The van der Waals surface area contributed by atoms with Gasteiger partial charge in [0.15, 0.2) is 5.78 Å². The first-order chi connectivity index (χ1) is 9.58. The molecule has 0 aliphatic heterocycles. The van der Waals surface area contributed by atoms with Gasteiger partial charge in [0.1, 0.15) is 0 Å². The Bertz CT molecular complexity index is 629. The smallest absolute Gasteiger partial charge is 0.168 e. The molecule has 0 aliphatic carbocycles. The summed E-state index contributed by atoms with van der Waals surface area (Å²) in [7, 11) is 0. The van der Waals surface area contributed by atoms with Crippen molar-refractivity contribution in [3.8, 4) is 0 Å². The van der Waals surface area contributed by atoms with Crippen molar-refractivity contribution in [1.82, 2.24) is 0 Å². The van der Waals surface area contributed by atoms with Crippen molar-refractivity contribution in [3.05, 3.63) is 77.5 Å². The number of aryl methyl sites for hydroxylation is 1. The molecule has 0 amide bonds. The quantitative estimate of drug-likeness (QED) is 0.806. The maximum absolute atomic E-state index is 12.1. The Morgan fingerprint density at radius 3 is 2.45 bits per heavy atom. The molecule has 0 atom stereocenters. The van der Waals surface area contributed by atoms with Crippen molar-refractivity contribution >= 4 is 11.5 Å². The summed E-state index contributed by atoms with van der Waals surface area (Å²) in [5.74, 6) is 0.0772. The van der Waals surface area contributed by atoms with E-state index in [0.717, 1.165) is 11.3 Å². The van der Waals surface area contributed by atoms with Gasteiger partial charge >= 0.3 is 0 Å². The Morgan fingerprint density at radius 2 is 1.75 bits per heavy atom. The third kappa shape index (κ3) is 3.35. The molecule has 0 bridgehead atoms. The standard InChI is InChI=1S/C18H19NO/c1-13-8-7-11-17(15(13)3)19-14(2)12-18(20)16-9-5-4-6-10-16/h4-11,19H,2,12H2,1,3H3. The van der Waals surface area contributed by atoms with Crippen LogP contribution < -0.4 is 5.32 Å². The molecule has 0 heterocycles. The average molecular weight is 265 g/mol. The van der Waals surface area contributed by atoms with Crippen LogP contribution in [0.25, 0.3) is 0 Å². The predicted octanol–water partition coefficient (Wildman–Crippen LogP) is 4.50. The fourth-order valence-corrected chi connectivity index (χ4v) is 2.04. The number of ketones is 1. The van der Waals surface area contributed by atoms with Gasteiger partial charge in [0.2, 0.25) is 0 Å². The Kier molecular flexibility index (Phi) is 4.36. The Balaban J connectivity index is 2.03. The van der Waals surface area contributed by atoms with Crippen molar-refractivity contribution in [2.75, 3.05) is 5.32 Å². The van der Waals surface area contributed by atoms with E-state index in [1.54, 1.807) is 0 Å². The highest BCUT2D eigenvalue weighted by Crippen LogP contribution is 2.20. The number of benzene rings is 2. The fraction of sp³-hybridized carbons (Fsp3) is 0.167. The molecule has 1 N–H and O–H groups in total. The van der Waals surface area contributed by atoms with Crippen LogP contribution in [-0.2, 0) is 0 Å². The summed E-state index contributed by atoms with van der Waals surface area (Å²) < 4.78 is 0. The van der Waals surface area contributed by atoms with Gasteiger partial charge in [0, 0.05) is 16.9 Å². The van der Waals surface area contributed by atoms with E-state index in [-0.39, 0.29) is 5.78 Å². The molecule has 0 unspecified atom stereocenters. The third-order valence-corrected chi connectivity index (χ3v) is 3.39. The lowest BCUT2D eigenvalue weighted by Gasteiger charge is -2.13. The number of hydrogen-bond acceptors (Lipinski definition) is 2. The fourth-order valence-electron chi connectivity index (χ4n) is 2.04. The molecular weight excluding hydrogens is 246 g/mol. The molecule has 0 spiro atoms. The summed E-state index contributed by atoms with van der Waals surface area (Å²) in [5, 5.41) is 3.24. The lowest BCUT2D eigenvalue weighted by Crippen LogP contribution is -2.07. The maximum atomic E-state index is 12.1. The number of Topliss-reactive ketones (excluding diaryl/α,β-unsaturated/α-hetero) is 1. The van der Waals surface area contributed by atoms with Crippen LogP contribution in [0.4, 0.5) is 5.69 Å². The van der Waals surface area contributed by atoms with Gasteiger partial charge in [-0.2, -0.15) is 0 Å². The van der Waals surface area contributed by atoms with E-state index in [4.69, 9.17) is 0 Å². The molecule has 0 saturated carbocycles. The maximum Gasteiger partial charge on any atom is 0.168 e.